The van der Waals surface area contributed by atoms with E-state index in [1.807, 2.05) is 37.3 Å². The molecule has 4 nitrogen and oxygen atoms in total. The molecule has 0 fully saturated rings. The Morgan fingerprint density at radius 3 is 2.90 bits per heavy atom. The number of aromatic nitrogens is 3. The number of pyridine rings is 1. The van der Waals surface area contributed by atoms with Crippen LogP contribution in [0.5, 0.6) is 0 Å². The molecule has 0 aliphatic carbocycles. The van der Waals surface area contributed by atoms with Gasteiger partial charge in [-0.15, -0.1) is 0 Å². The first kappa shape index (κ1) is 12.8. The molecule has 1 N–H and O–H groups in total. The van der Waals surface area contributed by atoms with Crippen LogP contribution in [0.1, 0.15) is 12.7 Å². The molecule has 2 aromatic heterocycles. The van der Waals surface area contributed by atoms with Crippen LogP contribution in [-0.2, 0) is 6.42 Å². The van der Waals surface area contributed by atoms with Crippen molar-refractivity contribution in [1.29, 1.82) is 0 Å². The van der Waals surface area contributed by atoms with Crippen molar-refractivity contribution >= 4 is 34.0 Å². The number of hydrogen-bond acceptors (Lipinski definition) is 4. The lowest BCUT2D eigenvalue weighted by atomic mass is 10.2. The molecular weight excluding hydrogens is 272 g/mol. The van der Waals surface area contributed by atoms with Gasteiger partial charge < -0.3 is 5.32 Å². The molecule has 1 aromatic carbocycles. The fourth-order valence-electron chi connectivity index (χ4n) is 1.99. The molecule has 0 saturated carbocycles. The maximum atomic E-state index is 5.99. The molecule has 0 unspecified atom stereocenters. The van der Waals surface area contributed by atoms with Crippen LogP contribution in [0.25, 0.3) is 10.9 Å². The molecule has 5 heteroatoms. The van der Waals surface area contributed by atoms with Crippen LogP contribution in [0, 0.1) is 0 Å². The largest absolute Gasteiger partial charge is 0.340 e. The van der Waals surface area contributed by atoms with E-state index < -0.39 is 0 Å². The SMILES string of the molecule is CCc1nc(Cl)cc(Nc2ccc3ncccc3c2)n1. The molecule has 0 bridgehead atoms. The van der Waals surface area contributed by atoms with Crippen LogP contribution in [0.3, 0.4) is 0 Å². The number of rotatable bonds is 3. The van der Waals surface area contributed by atoms with E-state index in [9.17, 15) is 0 Å². The Labute approximate surface area is 121 Å². The minimum atomic E-state index is 0.446. The summed E-state index contributed by atoms with van der Waals surface area (Å²) in [6.45, 7) is 2.00. The Kier molecular flexibility index (Phi) is 3.48. The summed E-state index contributed by atoms with van der Waals surface area (Å²) < 4.78 is 0. The number of anilines is 2. The highest BCUT2D eigenvalue weighted by molar-refractivity contribution is 6.29. The van der Waals surface area contributed by atoms with Crippen molar-refractivity contribution in [3.8, 4) is 0 Å². The van der Waals surface area contributed by atoms with E-state index in [0.717, 1.165) is 28.8 Å². The van der Waals surface area contributed by atoms with E-state index in [4.69, 9.17) is 11.6 Å². The second-order valence-corrected chi connectivity index (χ2v) is 4.77. The summed E-state index contributed by atoms with van der Waals surface area (Å²) in [7, 11) is 0. The van der Waals surface area contributed by atoms with Crippen LogP contribution >= 0.6 is 11.6 Å². The lowest BCUT2D eigenvalue weighted by Gasteiger charge is -2.08. The van der Waals surface area contributed by atoms with Crippen molar-refractivity contribution in [2.75, 3.05) is 5.32 Å². The molecule has 2 heterocycles. The summed E-state index contributed by atoms with van der Waals surface area (Å²) >= 11 is 5.99. The first-order valence-corrected chi connectivity index (χ1v) is 6.77. The van der Waals surface area contributed by atoms with Crippen LogP contribution in [0.15, 0.2) is 42.6 Å². The standard InChI is InChI=1S/C15H13ClN4/c1-2-14-19-13(16)9-15(20-14)18-11-5-6-12-10(8-11)4-3-7-17-12/h3-9H,2H2,1H3,(H,18,19,20). The molecule has 0 amide bonds. The second kappa shape index (κ2) is 5.43. The van der Waals surface area contributed by atoms with E-state index in [0.29, 0.717) is 11.0 Å². The Morgan fingerprint density at radius 1 is 1.15 bits per heavy atom. The summed E-state index contributed by atoms with van der Waals surface area (Å²) in [5.74, 6) is 1.42. The number of halogens is 1. The van der Waals surface area contributed by atoms with Crippen molar-refractivity contribution in [3.63, 3.8) is 0 Å². The zero-order valence-electron chi connectivity index (χ0n) is 11.0. The lowest BCUT2D eigenvalue weighted by Crippen LogP contribution is -1.99. The van der Waals surface area contributed by atoms with E-state index in [-0.39, 0.29) is 0 Å². The lowest BCUT2D eigenvalue weighted by molar-refractivity contribution is 0.943. The number of aryl methyl sites for hydroxylation is 1. The van der Waals surface area contributed by atoms with Crippen molar-refractivity contribution < 1.29 is 0 Å². The molecule has 0 saturated heterocycles. The van der Waals surface area contributed by atoms with Gasteiger partial charge in [0.15, 0.2) is 0 Å². The molecule has 100 valence electrons. The first-order valence-electron chi connectivity index (χ1n) is 6.40. The van der Waals surface area contributed by atoms with Gasteiger partial charge >= 0.3 is 0 Å². The van der Waals surface area contributed by atoms with Gasteiger partial charge in [0.1, 0.15) is 16.8 Å². The first-order chi connectivity index (χ1) is 9.74. The van der Waals surface area contributed by atoms with Gasteiger partial charge in [0.05, 0.1) is 5.52 Å². The summed E-state index contributed by atoms with van der Waals surface area (Å²) in [4.78, 5) is 12.8. The molecule has 3 rings (SSSR count). The molecule has 0 atom stereocenters. The number of nitrogens with one attached hydrogen (secondary N) is 1. The van der Waals surface area contributed by atoms with Gasteiger partial charge in [-0.3, -0.25) is 4.98 Å². The highest BCUT2D eigenvalue weighted by Gasteiger charge is 2.03. The minimum Gasteiger partial charge on any atom is -0.340 e. The Balaban J connectivity index is 1.94. The van der Waals surface area contributed by atoms with E-state index in [1.54, 1.807) is 12.3 Å². The van der Waals surface area contributed by atoms with Crippen molar-refractivity contribution in [2.45, 2.75) is 13.3 Å². The third-order valence-electron chi connectivity index (χ3n) is 2.93. The molecule has 20 heavy (non-hydrogen) atoms. The van der Waals surface area contributed by atoms with Crippen LogP contribution < -0.4 is 5.32 Å². The third kappa shape index (κ3) is 2.70. The van der Waals surface area contributed by atoms with Gasteiger partial charge in [0, 0.05) is 29.8 Å². The third-order valence-corrected chi connectivity index (χ3v) is 3.13. The summed E-state index contributed by atoms with van der Waals surface area (Å²) in [5, 5.41) is 4.77. The fraction of sp³-hybridized carbons (Fsp3) is 0.133. The van der Waals surface area contributed by atoms with Gasteiger partial charge in [-0.1, -0.05) is 24.6 Å². The van der Waals surface area contributed by atoms with E-state index in [1.165, 1.54) is 0 Å². The predicted molar refractivity (Wildman–Crippen MR) is 81.4 cm³/mol. The topological polar surface area (TPSA) is 50.7 Å². The zero-order valence-corrected chi connectivity index (χ0v) is 11.7. The fourth-order valence-corrected chi connectivity index (χ4v) is 2.19. The van der Waals surface area contributed by atoms with E-state index in [2.05, 4.69) is 20.3 Å². The summed E-state index contributed by atoms with van der Waals surface area (Å²) in [5.41, 5.74) is 1.91. The maximum absolute atomic E-state index is 5.99. The maximum Gasteiger partial charge on any atom is 0.135 e. The molecule has 0 aliphatic heterocycles. The Morgan fingerprint density at radius 2 is 2.05 bits per heavy atom. The quantitative estimate of drug-likeness (QED) is 0.739. The highest BCUT2D eigenvalue weighted by atomic mass is 35.5. The number of fused-ring (bicyclic) bond motifs is 1. The zero-order chi connectivity index (χ0) is 13.9. The van der Waals surface area contributed by atoms with Crippen molar-refractivity contribution in [2.24, 2.45) is 0 Å². The highest BCUT2D eigenvalue weighted by Crippen LogP contribution is 2.21. The van der Waals surface area contributed by atoms with E-state index >= 15 is 0 Å². The number of nitrogens with zero attached hydrogens (tertiary/aromatic N) is 3. The Hall–Kier alpha value is -2.20. The van der Waals surface area contributed by atoms with Gasteiger partial charge in [-0.05, 0) is 24.3 Å². The van der Waals surface area contributed by atoms with Crippen LogP contribution in [0.4, 0.5) is 11.5 Å². The average Bonchev–Trinajstić information content (AvgIpc) is 2.46. The molecule has 0 radical (unpaired) electrons. The normalized spacial score (nSPS) is 10.7. The number of benzene rings is 1. The predicted octanol–water partition coefficient (Wildman–Crippen LogP) is 3.98. The number of hydrogen-bond donors (Lipinski definition) is 1. The molecule has 3 aromatic rings. The van der Waals surface area contributed by atoms with Crippen molar-refractivity contribution in [3.05, 3.63) is 53.6 Å². The molecular formula is C15H13ClN4. The van der Waals surface area contributed by atoms with Gasteiger partial charge in [-0.25, -0.2) is 9.97 Å². The van der Waals surface area contributed by atoms with Gasteiger partial charge in [0.2, 0.25) is 0 Å². The van der Waals surface area contributed by atoms with Crippen molar-refractivity contribution in [1.82, 2.24) is 15.0 Å². The molecule has 0 spiro atoms. The minimum absolute atomic E-state index is 0.446. The summed E-state index contributed by atoms with van der Waals surface area (Å²) in [6.07, 6.45) is 2.53. The van der Waals surface area contributed by atoms with Gasteiger partial charge in [-0.2, -0.15) is 0 Å². The van der Waals surface area contributed by atoms with Gasteiger partial charge in [0.25, 0.3) is 0 Å². The van der Waals surface area contributed by atoms with Crippen LogP contribution in [-0.4, -0.2) is 15.0 Å². The monoisotopic (exact) mass is 284 g/mol. The Bertz CT molecular complexity index is 758. The summed E-state index contributed by atoms with van der Waals surface area (Å²) in [6, 6.07) is 11.6. The smallest absolute Gasteiger partial charge is 0.135 e. The second-order valence-electron chi connectivity index (χ2n) is 4.38. The van der Waals surface area contributed by atoms with Crippen LogP contribution in [0.2, 0.25) is 5.15 Å². The molecule has 0 aliphatic rings. The average molecular weight is 285 g/mol.